The van der Waals surface area contributed by atoms with Gasteiger partial charge >= 0.3 is 0 Å². The quantitative estimate of drug-likeness (QED) is 0.553. The van der Waals surface area contributed by atoms with Crippen molar-refractivity contribution in [2.75, 3.05) is 25.5 Å². The number of anilines is 1. The summed E-state index contributed by atoms with van der Waals surface area (Å²) in [4.78, 5) is 33.3. The zero-order valence-corrected chi connectivity index (χ0v) is 21.4. The average Bonchev–Trinajstić information content (AvgIpc) is 3.69. The Bertz CT molecular complexity index is 1360. The Kier molecular flexibility index (Phi) is 5.81. The van der Waals surface area contributed by atoms with Gasteiger partial charge in [0.15, 0.2) is 0 Å². The number of carbonyl (C=O) groups is 1. The van der Waals surface area contributed by atoms with Crippen molar-refractivity contribution in [1.29, 1.82) is 0 Å². The van der Waals surface area contributed by atoms with Crippen LogP contribution >= 0.6 is 0 Å². The maximum atomic E-state index is 14.5. The monoisotopic (exact) mass is 502 g/mol. The molecule has 0 unspecified atom stereocenters. The summed E-state index contributed by atoms with van der Waals surface area (Å²) in [6.07, 6.45) is 9.87. The largest absolute Gasteiger partial charge is 0.481 e. The molecule has 3 aromatic rings. The minimum Gasteiger partial charge on any atom is -0.481 e. The van der Waals surface area contributed by atoms with E-state index in [1.165, 1.54) is 26.0 Å². The van der Waals surface area contributed by atoms with Crippen molar-refractivity contribution in [2.45, 2.75) is 63.3 Å². The molecule has 3 aliphatic rings. The summed E-state index contributed by atoms with van der Waals surface area (Å²) in [6.45, 7) is 4.92. The van der Waals surface area contributed by atoms with E-state index in [4.69, 9.17) is 9.72 Å². The van der Waals surface area contributed by atoms with Gasteiger partial charge in [-0.25, -0.2) is 14.4 Å². The van der Waals surface area contributed by atoms with Crippen LogP contribution in [0.5, 0.6) is 5.88 Å². The molecule has 37 heavy (non-hydrogen) atoms. The Morgan fingerprint density at radius 2 is 2.03 bits per heavy atom. The highest BCUT2D eigenvalue weighted by Gasteiger charge is 2.43. The normalized spacial score (nSPS) is 21.5. The third kappa shape index (κ3) is 4.40. The number of ether oxygens (including phenoxy) is 1. The first kappa shape index (κ1) is 23.8. The van der Waals surface area contributed by atoms with Crippen molar-refractivity contribution in [3.05, 3.63) is 59.1 Å². The molecule has 1 aliphatic carbocycles. The van der Waals surface area contributed by atoms with Crippen molar-refractivity contribution in [1.82, 2.24) is 24.8 Å². The number of hydrogen-bond acceptors (Lipinski definition) is 7. The molecule has 5 heterocycles. The van der Waals surface area contributed by atoms with Gasteiger partial charge in [0.1, 0.15) is 11.6 Å². The summed E-state index contributed by atoms with van der Waals surface area (Å²) in [6, 6.07) is 3.69. The Morgan fingerprint density at radius 1 is 1.19 bits per heavy atom. The first-order valence-corrected chi connectivity index (χ1v) is 12.9. The van der Waals surface area contributed by atoms with Gasteiger partial charge in [-0.15, -0.1) is 0 Å². The van der Waals surface area contributed by atoms with Gasteiger partial charge in [-0.2, -0.15) is 0 Å². The van der Waals surface area contributed by atoms with E-state index in [-0.39, 0.29) is 11.4 Å². The minimum atomic E-state index is -0.627. The van der Waals surface area contributed by atoms with Crippen LogP contribution in [0.1, 0.15) is 67.0 Å². The minimum absolute atomic E-state index is 0.0932. The fourth-order valence-electron chi connectivity index (χ4n) is 5.61. The first-order chi connectivity index (χ1) is 17.9. The summed E-state index contributed by atoms with van der Waals surface area (Å²) in [5.41, 5.74) is 5.07. The van der Waals surface area contributed by atoms with Gasteiger partial charge in [0.25, 0.3) is 0 Å². The molecular weight excluding hydrogens is 471 g/mol. The Balaban J connectivity index is 1.18. The molecule has 2 fully saturated rings. The van der Waals surface area contributed by atoms with E-state index >= 15 is 0 Å². The maximum Gasteiger partial charge on any atom is 0.230 e. The summed E-state index contributed by atoms with van der Waals surface area (Å²) >= 11 is 0. The molecule has 6 rings (SSSR count). The number of aryl methyl sites for hydroxylation is 2. The second-order valence-electron chi connectivity index (χ2n) is 10.6. The second kappa shape index (κ2) is 9.04. The topological polar surface area (TPSA) is 93.1 Å². The molecule has 1 spiro atoms. The van der Waals surface area contributed by atoms with Gasteiger partial charge in [-0.1, -0.05) is 0 Å². The van der Waals surface area contributed by atoms with Crippen molar-refractivity contribution in [2.24, 2.45) is 0 Å². The Labute approximate surface area is 215 Å². The molecular formula is C28H31FN6O2. The molecule has 0 aromatic carbocycles. The van der Waals surface area contributed by atoms with Gasteiger partial charge in [0, 0.05) is 48.1 Å². The Hall–Kier alpha value is -3.62. The van der Waals surface area contributed by atoms with Crippen LogP contribution in [0.2, 0.25) is 0 Å². The number of nitrogens with one attached hydrogen (secondary N) is 1. The van der Waals surface area contributed by atoms with Gasteiger partial charge in [-0.3, -0.25) is 14.8 Å². The smallest absolute Gasteiger partial charge is 0.230 e. The molecule has 2 atom stereocenters. The number of rotatable bonds is 5. The molecule has 1 amide bonds. The SMILES string of the molecule is COc1cc([C@@H](C)C(=O)N2CC[C@@]3(CCc4cc(-c5cnc(C6CC6)cn5)c(C)nc4N3)C2)c(F)cn1. The lowest BCUT2D eigenvalue weighted by Gasteiger charge is -2.36. The molecule has 3 aromatic heterocycles. The van der Waals surface area contributed by atoms with Crippen molar-refractivity contribution >= 4 is 11.7 Å². The zero-order chi connectivity index (χ0) is 25.7. The van der Waals surface area contributed by atoms with Crippen LogP contribution in [0.15, 0.2) is 30.7 Å². The summed E-state index contributed by atoms with van der Waals surface area (Å²) in [5, 5.41) is 3.67. The summed E-state index contributed by atoms with van der Waals surface area (Å²) in [7, 11) is 1.48. The fourth-order valence-corrected chi connectivity index (χ4v) is 5.61. The number of methoxy groups -OCH3 is 1. The molecule has 1 saturated carbocycles. The van der Waals surface area contributed by atoms with E-state index in [9.17, 15) is 9.18 Å². The van der Waals surface area contributed by atoms with Crippen molar-refractivity contribution in [3.8, 4) is 17.1 Å². The van der Waals surface area contributed by atoms with Gasteiger partial charge < -0.3 is 15.0 Å². The summed E-state index contributed by atoms with van der Waals surface area (Å²) in [5.74, 6) is 0.537. The van der Waals surface area contributed by atoms with Gasteiger partial charge in [0.2, 0.25) is 11.8 Å². The second-order valence-corrected chi connectivity index (χ2v) is 10.6. The molecule has 1 N–H and O–H groups in total. The lowest BCUT2D eigenvalue weighted by molar-refractivity contribution is -0.131. The molecule has 192 valence electrons. The van der Waals surface area contributed by atoms with Crippen LogP contribution in [0.3, 0.4) is 0 Å². The molecule has 9 heteroatoms. The zero-order valence-electron chi connectivity index (χ0n) is 21.4. The molecule has 2 aliphatic heterocycles. The number of likely N-dealkylation sites (tertiary alicyclic amines) is 1. The van der Waals surface area contributed by atoms with Crippen LogP contribution in [-0.4, -0.2) is 56.5 Å². The summed E-state index contributed by atoms with van der Waals surface area (Å²) < 4.78 is 19.6. The fraction of sp³-hybridized carbons (Fsp3) is 0.464. The van der Waals surface area contributed by atoms with E-state index in [2.05, 4.69) is 26.3 Å². The van der Waals surface area contributed by atoms with E-state index in [1.807, 2.05) is 24.2 Å². The number of nitrogens with zero attached hydrogens (tertiary/aromatic N) is 5. The van der Waals surface area contributed by atoms with E-state index in [1.54, 1.807) is 6.92 Å². The highest BCUT2D eigenvalue weighted by Crippen LogP contribution is 2.40. The molecule has 8 nitrogen and oxygen atoms in total. The van der Waals surface area contributed by atoms with Crippen LogP contribution in [0.25, 0.3) is 11.3 Å². The van der Waals surface area contributed by atoms with E-state index in [0.717, 1.165) is 59.5 Å². The van der Waals surface area contributed by atoms with Gasteiger partial charge in [0.05, 0.1) is 42.3 Å². The number of carbonyl (C=O) groups excluding carboxylic acids is 1. The lowest BCUT2D eigenvalue weighted by atomic mass is 9.86. The van der Waals surface area contributed by atoms with Crippen LogP contribution in [0.4, 0.5) is 10.2 Å². The average molecular weight is 503 g/mol. The van der Waals surface area contributed by atoms with Gasteiger partial charge in [-0.05, 0) is 57.6 Å². The van der Waals surface area contributed by atoms with Crippen molar-refractivity contribution in [3.63, 3.8) is 0 Å². The predicted octanol–water partition coefficient (Wildman–Crippen LogP) is 4.40. The van der Waals surface area contributed by atoms with Crippen LogP contribution < -0.4 is 10.1 Å². The predicted molar refractivity (Wildman–Crippen MR) is 137 cm³/mol. The van der Waals surface area contributed by atoms with E-state index in [0.29, 0.717) is 30.5 Å². The number of pyridine rings is 2. The molecule has 0 bridgehead atoms. The maximum absolute atomic E-state index is 14.5. The third-order valence-corrected chi connectivity index (χ3v) is 8.06. The third-order valence-electron chi connectivity index (χ3n) is 8.06. The first-order valence-electron chi connectivity index (χ1n) is 12.9. The van der Waals surface area contributed by atoms with Crippen LogP contribution in [0, 0.1) is 12.7 Å². The Morgan fingerprint density at radius 3 is 2.76 bits per heavy atom. The lowest BCUT2D eigenvalue weighted by Crippen LogP contribution is -2.46. The number of hydrogen-bond donors (Lipinski definition) is 1. The highest BCUT2D eigenvalue weighted by atomic mass is 19.1. The standard InChI is InChI=1S/C28H31FN6O2/c1-16(20-11-25(37-3)32-12-22(20)29)27(36)35-9-8-28(15-35)7-6-19-10-21(17(2)33-26(19)34-28)24-14-30-23(13-31-24)18-4-5-18/h10-14,16,18H,4-9,15H2,1-3H3,(H,33,34)/t16-,28+/m1/s1. The number of fused-ring (bicyclic) bond motifs is 1. The van der Waals surface area contributed by atoms with E-state index < -0.39 is 11.7 Å². The highest BCUT2D eigenvalue weighted by molar-refractivity contribution is 5.84. The number of halogens is 1. The van der Waals surface area contributed by atoms with Crippen molar-refractivity contribution < 1.29 is 13.9 Å². The number of amides is 1. The van der Waals surface area contributed by atoms with Crippen LogP contribution in [-0.2, 0) is 11.2 Å². The number of aromatic nitrogens is 4. The molecule has 0 radical (unpaired) electrons. The molecule has 1 saturated heterocycles.